The largest absolute Gasteiger partial charge is 0.352 e. The Morgan fingerprint density at radius 2 is 2.00 bits per heavy atom. The lowest BCUT2D eigenvalue weighted by molar-refractivity contribution is -0.116. The summed E-state index contributed by atoms with van der Waals surface area (Å²) in [6.07, 6.45) is 8.94. The maximum Gasteiger partial charge on any atom is 0.244 e. The van der Waals surface area contributed by atoms with E-state index < -0.39 is 0 Å². The first-order valence-corrected chi connectivity index (χ1v) is 8.43. The van der Waals surface area contributed by atoms with Crippen molar-refractivity contribution in [3.05, 3.63) is 41.5 Å². The summed E-state index contributed by atoms with van der Waals surface area (Å²) in [4.78, 5) is 11.7. The van der Waals surface area contributed by atoms with Crippen molar-refractivity contribution in [3.63, 3.8) is 0 Å². The number of amides is 1. The fourth-order valence-corrected chi connectivity index (χ4v) is 3.58. The average molecular weight is 289 g/mol. The first kappa shape index (κ1) is 15.2. The molecule has 1 aliphatic rings. The van der Waals surface area contributed by atoms with E-state index in [0.717, 1.165) is 23.1 Å². The van der Waals surface area contributed by atoms with Crippen molar-refractivity contribution in [1.82, 2.24) is 5.32 Å². The summed E-state index contributed by atoms with van der Waals surface area (Å²) in [7, 11) is 0. The fourth-order valence-electron chi connectivity index (χ4n) is 2.36. The van der Waals surface area contributed by atoms with E-state index in [1.165, 1.54) is 31.2 Å². The van der Waals surface area contributed by atoms with E-state index in [0.29, 0.717) is 0 Å². The summed E-state index contributed by atoms with van der Waals surface area (Å²) in [5.41, 5.74) is 2.29. The summed E-state index contributed by atoms with van der Waals surface area (Å²) in [6, 6.07) is 8.15. The second-order valence-corrected chi connectivity index (χ2v) is 6.72. The van der Waals surface area contributed by atoms with Crippen molar-refractivity contribution >= 4 is 23.7 Å². The molecule has 1 saturated carbocycles. The highest BCUT2D eigenvalue weighted by atomic mass is 32.2. The molecule has 20 heavy (non-hydrogen) atoms. The Morgan fingerprint density at radius 3 is 2.70 bits per heavy atom. The second kappa shape index (κ2) is 8.15. The molecule has 1 amide bonds. The van der Waals surface area contributed by atoms with E-state index in [1.807, 2.05) is 30.0 Å². The van der Waals surface area contributed by atoms with Gasteiger partial charge in [-0.3, -0.25) is 4.79 Å². The summed E-state index contributed by atoms with van der Waals surface area (Å²) >= 11 is 2.00. The molecule has 1 fully saturated rings. The molecule has 0 bridgehead atoms. The van der Waals surface area contributed by atoms with Crippen molar-refractivity contribution in [1.29, 1.82) is 0 Å². The van der Waals surface area contributed by atoms with Crippen molar-refractivity contribution in [2.45, 2.75) is 37.9 Å². The summed E-state index contributed by atoms with van der Waals surface area (Å²) in [5.74, 6) is 1.02. The van der Waals surface area contributed by atoms with Crippen LogP contribution >= 0.6 is 11.8 Å². The van der Waals surface area contributed by atoms with E-state index in [4.69, 9.17) is 0 Å². The maximum absolute atomic E-state index is 11.7. The molecule has 0 radical (unpaired) electrons. The molecular formula is C17H23NOS. The SMILES string of the molecule is Cc1ccc(/C=C/C(=O)NCCSC2CCCC2)cc1. The first-order valence-electron chi connectivity index (χ1n) is 7.38. The van der Waals surface area contributed by atoms with Gasteiger partial charge in [0.1, 0.15) is 0 Å². The highest BCUT2D eigenvalue weighted by Crippen LogP contribution is 2.28. The van der Waals surface area contributed by atoms with Gasteiger partial charge in [0.15, 0.2) is 0 Å². The van der Waals surface area contributed by atoms with Crippen LogP contribution in [0.4, 0.5) is 0 Å². The number of benzene rings is 1. The Morgan fingerprint density at radius 1 is 1.30 bits per heavy atom. The van der Waals surface area contributed by atoms with Crippen LogP contribution in [0.2, 0.25) is 0 Å². The van der Waals surface area contributed by atoms with Gasteiger partial charge < -0.3 is 5.32 Å². The fraction of sp³-hybridized carbons (Fsp3) is 0.471. The molecule has 2 nitrogen and oxygen atoms in total. The smallest absolute Gasteiger partial charge is 0.244 e. The molecule has 1 aliphatic carbocycles. The van der Waals surface area contributed by atoms with Crippen LogP contribution in [-0.4, -0.2) is 23.5 Å². The van der Waals surface area contributed by atoms with Crippen molar-refractivity contribution in [2.24, 2.45) is 0 Å². The molecule has 0 aliphatic heterocycles. The molecule has 1 aromatic rings. The zero-order valence-corrected chi connectivity index (χ0v) is 12.9. The van der Waals surface area contributed by atoms with E-state index in [1.54, 1.807) is 6.08 Å². The van der Waals surface area contributed by atoms with E-state index in [2.05, 4.69) is 24.4 Å². The Labute approximate surface area is 126 Å². The highest BCUT2D eigenvalue weighted by molar-refractivity contribution is 7.99. The highest BCUT2D eigenvalue weighted by Gasteiger charge is 2.14. The van der Waals surface area contributed by atoms with Gasteiger partial charge in [-0.05, 0) is 31.4 Å². The minimum Gasteiger partial charge on any atom is -0.352 e. The van der Waals surface area contributed by atoms with Gasteiger partial charge >= 0.3 is 0 Å². The van der Waals surface area contributed by atoms with E-state index >= 15 is 0 Å². The molecular weight excluding hydrogens is 266 g/mol. The lowest BCUT2D eigenvalue weighted by Gasteiger charge is -2.08. The predicted molar refractivity (Wildman–Crippen MR) is 87.9 cm³/mol. The number of rotatable bonds is 6. The van der Waals surface area contributed by atoms with Gasteiger partial charge in [-0.2, -0.15) is 11.8 Å². The summed E-state index contributed by atoms with van der Waals surface area (Å²) in [6.45, 7) is 2.82. The maximum atomic E-state index is 11.7. The third kappa shape index (κ3) is 5.41. The number of carbonyl (C=O) groups is 1. The average Bonchev–Trinajstić information content (AvgIpc) is 2.96. The molecule has 108 valence electrons. The number of hydrogen-bond acceptors (Lipinski definition) is 2. The molecule has 0 saturated heterocycles. The van der Waals surface area contributed by atoms with Crippen molar-refractivity contribution in [3.8, 4) is 0 Å². The second-order valence-electron chi connectivity index (χ2n) is 5.31. The van der Waals surface area contributed by atoms with Crippen LogP contribution in [0.15, 0.2) is 30.3 Å². The van der Waals surface area contributed by atoms with Crippen molar-refractivity contribution < 1.29 is 4.79 Å². The van der Waals surface area contributed by atoms with Crippen LogP contribution in [0, 0.1) is 6.92 Å². The minimum atomic E-state index is -0.00223. The molecule has 0 spiro atoms. The van der Waals surface area contributed by atoms with Crippen LogP contribution in [0.5, 0.6) is 0 Å². The van der Waals surface area contributed by atoms with Gasteiger partial charge in [-0.1, -0.05) is 42.7 Å². The van der Waals surface area contributed by atoms with Crippen LogP contribution in [0.1, 0.15) is 36.8 Å². The molecule has 1 N–H and O–H groups in total. The quantitative estimate of drug-likeness (QED) is 0.637. The Hall–Kier alpha value is -1.22. The normalized spacial score (nSPS) is 15.8. The first-order chi connectivity index (χ1) is 9.74. The Bertz CT molecular complexity index is 447. The number of thioether (sulfide) groups is 1. The number of hydrogen-bond donors (Lipinski definition) is 1. The third-order valence-electron chi connectivity index (χ3n) is 3.56. The topological polar surface area (TPSA) is 29.1 Å². The molecule has 2 rings (SSSR count). The lowest BCUT2D eigenvalue weighted by atomic mass is 10.1. The summed E-state index contributed by atoms with van der Waals surface area (Å²) in [5, 5.41) is 3.77. The molecule has 0 atom stereocenters. The van der Waals surface area contributed by atoms with Gasteiger partial charge in [0.2, 0.25) is 5.91 Å². The lowest BCUT2D eigenvalue weighted by Crippen LogP contribution is -2.24. The molecule has 0 heterocycles. The van der Waals surface area contributed by atoms with Crippen LogP contribution < -0.4 is 5.32 Å². The van der Waals surface area contributed by atoms with Crippen LogP contribution in [-0.2, 0) is 4.79 Å². The van der Waals surface area contributed by atoms with Gasteiger partial charge in [0.25, 0.3) is 0 Å². The van der Waals surface area contributed by atoms with Crippen LogP contribution in [0.25, 0.3) is 6.08 Å². The Kier molecular flexibility index (Phi) is 6.19. The number of carbonyl (C=O) groups excluding carboxylic acids is 1. The zero-order valence-electron chi connectivity index (χ0n) is 12.1. The third-order valence-corrected chi connectivity index (χ3v) is 4.94. The van der Waals surface area contributed by atoms with E-state index in [-0.39, 0.29) is 5.91 Å². The summed E-state index contributed by atoms with van der Waals surface area (Å²) < 4.78 is 0. The number of aryl methyl sites for hydroxylation is 1. The number of nitrogens with one attached hydrogen (secondary N) is 1. The standard InChI is InChI=1S/C17H23NOS/c1-14-6-8-15(9-7-14)10-11-17(19)18-12-13-20-16-4-2-3-5-16/h6-11,16H,2-5,12-13H2,1H3,(H,18,19)/b11-10+. The molecule has 1 aromatic carbocycles. The predicted octanol–water partition coefficient (Wildman–Crippen LogP) is 3.80. The molecule has 0 aromatic heterocycles. The molecule has 3 heteroatoms. The van der Waals surface area contributed by atoms with Gasteiger partial charge in [0.05, 0.1) is 0 Å². The zero-order chi connectivity index (χ0) is 14.2. The van der Waals surface area contributed by atoms with Gasteiger partial charge in [0, 0.05) is 23.6 Å². The van der Waals surface area contributed by atoms with Crippen molar-refractivity contribution in [2.75, 3.05) is 12.3 Å². The Balaban J connectivity index is 1.63. The van der Waals surface area contributed by atoms with Crippen LogP contribution in [0.3, 0.4) is 0 Å². The van der Waals surface area contributed by atoms with Gasteiger partial charge in [-0.25, -0.2) is 0 Å². The van der Waals surface area contributed by atoms with Gasteiger partial charge in [-0.15, -0.1) is 0 Å². The monoisotopic (exact) mass is 289 g/mol. The molecule has 0 unspecified atom stereocenters. The minimum absolute atomic E-state index is 0.00223. The van der Waals surface area contributed by atoms with E-state index in [9.17, 15) is 4.79 Å².